The summed E-state index contributed by atoms with van der Waals surface area (Å²) in [7, 11) is 1.84. The fraction of sp³-hybridized carbons (Fsp3) is 0.625. The summed E-state index contributed by atoms with van der Waals surface area (Å²) in [6.07, 6.45) is -1.58. The molecule has 0 aliphatic carbocycles. The van der Waals surface area contributed by atoms with Crippen molar-refractivity contribution in [1.29, 1.82) is 0 Å². The molecule has 4 heterocycles. The molecule has 0 spiro atoms. The lowest BCUT2D eigenvalue weighted by molar-refractivity contribution is -0.129. The maximum absolute atomic E-state index is 13.0. The molecule has 2 aromatic heterocycles. The third-order valence-corrected chi connectivity index (χ3v) is 5.04. The fourth-order valence-electron chi connectivity index (χ4n) is 3.62. The highest BCUT2D eigenvalue weighted by Crippen LogP contribution is 2.24. The standard InChI is InChI=1S/C16H22F2N8O/c1-9-20-14-10(8-19-24(14)2)15(21-9)25-3-5-26(6-4-25)16-22-11(13(17)18)7-12(27)23-16/h8,11,13,16,22H,3-7H2,1-2H3,(H,23,27). The Bertz CT molecular complexity index is 848. The van der Waals surface area contributed by atoms with Gasteiger partial charge in [0, 0.05) is 39.6 Å². The molecular weight excluding hydrogens is 358 g/mol. The van der Waals surface area contributed by atoms with Gasteiger partial charge in [-0.15, -0.1) is 0 Å². The van der Waals surface area contributed by atoms with Crippen LogP contribution in [-0.4, -0.2) is 75.5 Å². The Balaban J connectivity index is 1.47. The predicted molar refractivity (Wildman–Crippen MR) is 94.3 cm³/mol. The van der Waals surface area contributed by atoms with Gasteiger partial charge in [0.25, 0.3) is 6.43 Å². The van der Waals surface area contributed by atoms with Crippen molar-refractivity contribution in [1.82, 2.24) is 35.3 Å². The molecule has 146 valence electrons. The summed E-state index contributed by atoms with van der Waals surface area (Å²) in [4.78, 5) is 24.9. The monoisotopic (exact) mass is 380 g/mol. The van der Waals surface area contributed by atoms with Gasteiger partial charge >= 0.3 is 0 Å². The number of nitrogens with one attached hydrogen (secondary N) is 2. The van der Waals surface area contributed by atoms with Crippen LogP contribution in [0.4, 0.5) is 14.6 Å². The highest BCUT2D eigenvalue weighted by Gasteiger charge is 2.35. The van der Waals surface area contributed by atoms with Gasteiger partial charge in [-0.2, -0.15) is 5.10 Å². The molecular formula is C16H22F2N8O. The zero-order valence-corrected chi connectivity index (χ0v) is 15.2. The second-order valence-electron chi connectivity index (χ2n) is 6.90. The van der Waals surface area contributed by atoms with Gasteiger partial charge in [-0.1, -0.05) is 0 Å². The van der Waals surface area contributed by atoms with Crippen LogP contribution in [0.25, 0.3) is 11.0 Å². The number of hydrogen-bond donors (Lipinski definition) is 2. The average molecular weight is 380 g/mol. The molecule has 4 rings (SSSR count). The first-order chi connectivity index (χ1) is 12.9. The van der Waals surface area contributed by atoms with Crippen LogP contribution in [0, 0.1) is 6.92 Å². The summed E-state index contributed by atoms with van der Waals surface area (Å²) < 4.78 is 27.7. The van der Waals surface area contributed by atoms with Gasteiger partial charge in [-0.05, 0) is 6.92 Å². The van der Waals surface area contributed by atoms with Crippen molar-refractivity contribution in [3.63, 3.8) is 0 Å². The van der Waals surface area contributed by atoms with Gasteiger partial charge in [0.05, 0.1) is 17.6 Å². The number of carbonyl (C=O) groups excluding carboxylic acids is 1. The number of alkyl halides is 2. The van der Waals surface area contributed by atoms with E-state index in [2.05, 4.69) is 30.6 Å². The Morgan fingerprint density at radius 1 is 1.22 bits per heavy atom. The van der Waals surface area contributed by atoms with Crippen LogP contribution in [-0.2, 0) is 11.8 Å². The molecule has 0 aromatic carbocycles. The lowest BCUT2D eigenvalue weighted by Gasteiger charge is -2.43. The molecule has 2 atom stereocenters. The van der Waals surface area contributed by atoms with Crippen LogP contribution < -0.4 is 15.5 Å². The topological polar surface area (TPSA) is 91.2 Å². The third kappa shape index (κ3) is 3.44. The summed E-state index contributed by atoms with van der Waals surface area (Å²) in [5.41, 5.74) is 0.779. The SMILES string of the molecule is Cc1nc(N2CCN(C3NC(=O)CC(C(F)F)N3)CC2)c2cnn(C)c2n1. The number of hydrogen-bond acceptors (Lipinski definition) is 7. The van der Waals surface area contributed by atoms with Crippen LogP contribution >= 0.6 is 0 Å². The van der Waals surface area contributed by atoms with Crippen LogP contribution in [0.5, 0.6) is 0 Å². The molecule has 2 fully saturated rings. The number of piperazine rings is 1. The number of nitrogens with zero attached hydrogens (tertiary/aromatic N) is 6. The zero-order chi connectivity index (χ0) is 19.1. The van der Waals surface area contributed by atoms with Gasteiger partial charge in [0.1, 0.15) is 17.9 Å². The number of aromatic nitrogens is 4. The minimum absolute atomic E-state index is 0.201. The van der Waals surface area contributed by atoms with Crippen molar-refractivity contribution in [3.05, 3.63) is 12.0 Å². The Morgan fingerprint density at radius 3 is 2.67 bits per heavy atom. The summed E-state index contributed by atoms with van der Waals surface area (Å²) >= 11 is 0. The molecule has 2 unspecified atom stereocenters. The maximum Gasteiger partial charge on any atom is 0.254 e. The second kappa shape index (κ2) is 6.97. The number of rotatable bonds is 3. The number of aryl methyl sites for hydroxylation is 2. The van der Waals surface area contributed by atoms with Crippen LogP contribution in [0.3, 0.4) is 0 Å². The molecule has 2 aliphatic rings. The summed E-state index contributed by atoms with van der Waals surface area (Å²) in [5.74, 6) is 1.15. The minimum Gasteiger partial charge on any atom is -0.353 e. The molecule has 0 bridgehead atoms. The van der Waals surface area contributed by atoms with Crippen molar-refractivity contribution < 1.29 is 13.6 Å². The number of amides is 1. The van der Waals surface area contributed by atoms with E-state index >= 15 is 0 Å². The molecule has 1 amide bonds. The number of anilines is 1. The summed E-state index contributed by atoms with van der Waals surface area (Å²) in [5, 5.41) is 10.7. The zero-order valence-electron chi connectivity index (χ0n) is 15.2. The van der Waals surface area contributed by atoms with Crippen LogP contribution in [0.2, 0.25) is 0 Å². The molecule has 2 N–H and O–H groups in total. The van der Waals surface area contributed by atoms with Gasteiger partial charge in [-0.25, -0.2) is 18.7 Å². The number of fused-ring (bicyclic) bond motifs is 1. The smallest absolute Gasteiger partial charge is 0.254 e. The van der Waals surface area contributed by atoms with E-state index in [-0.39, 0.29) is 12.3 Å². The van der Waals surface area contributed by atoms with Gasteiger partial charge in [0.15, 0.2) is 5.65 Å². The van der Waals surface area contributed by atoms with E-state index in [0.29, 0.717) is 32.0 Å². The summed E-state index contributed by atoms with van der Waals surface area (Å²) in [6.45, 7) is 4.39. The van der Waals surface area contributed by atoms with Crippen molar-refractivity contribution in [2.24, 2.45) is 7.05 Å². The highest BCUT2D eigenvalue weighted by atomic mass is 19.3. The Morgan fingerprint density at radius 2 is 1.96 bits per heavy atom. The quantitative estimate of drug-likeness (QED) is 0.763. The number of carbonyl (C=O) groups is 1. The normalized spacial score (nSPS) is 24.6. The third-order valence-electron chi connectivity index (χ3n) is 5.04. The van der Waals surface area contributed by atoms with Crippen molar-refractivity contribution in [2.45, 2.75) is 32.1 Å². The van der Waals surface area contributed by atoms with Crippen molar-refractivity contribution in [3.8, 4) is 0 Å². The molecule has 11 heteroatoms. The molecule has 2 aromatic rings. The first kappa shape index (κ1) is 18.0. The van der Waals surface area contributed by atoms with Gasteiger partial charge in [0.2, 0.25) is 5.91 Å². The lowest BCUT2D eigenvalue weighted by Crippen LogP contribution is -2.67. The van der Waals surface area contributed by atoms with E-state index in [1.165, 1.54) is 0 Å². The van der Waals surface area contributed by atoms with E-state index in [1.54, 1.807) is 10.9 Å². The van der Waals surface area contributed by atoms with E-state index < -0.39 is 18.8 Å². The lowest BCUT2D eigenvalue weighted by atomic mass is 10.1. The summed E-state index contributed by atoms with van der Waals surface area (Å²) in [6, 6.07) is -1.11. The van der Waals surface area contributed by atoms with E-state index in [9.17, 15) is 13.6 Å². The molecule has 0 saturated carbocycles. The largest absolute Gasteiger partial charge is 0.353 e. The Hall–Kier alpha value is -2.40. The molecule has 9 nitrogen and oxygen atoms in total. The number of halogens is 2. The van der Waals surface area contributed by atoms with E-state index in [4.69, 9.17) is 0 Å². The van der Waals surface area contributed by atoms with E-state index in [1.807, 2.05) is 18.9 Å². The Kier molecular flexibility index (Phi) is 4.64. The average Bonchev–Trinajstić information content (AvgIpc) is 3.01. The molecule has 2 saturated heterocycles. The first-order valence-electron chi connectivity index (χ1n) is 8.91. The van der Waals surface area contributed by atoms with Gasteiger partial charge < -0.3 is 10.2 Å². The fourth-order valence-corrected chi connectivity index (χ4v) is 3.62. The minimum atomic E-state index is -2.57. The predicted octanol–water partition coefficient (Wildman–Crippen LogP) is -0.179. The van der Waals surface area contributed by atoms with Crippen LogP contribution in [0.1, 0.15) is 12.2 Å². The maximum atomic E-state index is 13.0. The second-order valence-corrected chi connectivity index (χ2v) is 6.90. The Labute approximate surface area is 154 Å². The first-order valence-corrected chi connectivity index (χ1v) is 8.91. The molecule has 0 radical (unpaired) electrons. The van der Waals surface area contributed by atoms with Gasteiger partial charge in [-0.3, -0.25) is 19.7 Å². The van der Waals surface area contributed by atoms with E-state index in [0.717, 1.165) is 16.9 Å². The van der Waals surface area contributed by atoms with Crippen LogP contribution in [0.15, 0.2) is 6.20 Å². The molecule has 27 heavy (non-hydrogen) atoms. The van der Waals surface area contributed by atoms with Crippen molar-refractivity contribution in [2.75, 3.05) is 31.1 Å². The molecule has 2 aliphatic heterocycles. The highest BCUT2D eigenvalue weighted by molar-refractivity contribution is 5.87. The van der Waals surface area contributed by atoms with Crippen molar-refractivity contribution >= 4 is 22.8 Å².